The van der Waals surface area contributed by atoms with Crippen molar-refractivity contribution < 1.29 is 9.84 Å². The normalized spacial score (nSPS) is 15.3. The third kappa shape index (κ3) is 3.32. The third-order valence-corrected chi connectivity index (χ3v) is 4.07. The van der Waals surface area contributed by atoms with Crippen LogP contribution in [0.4, 0.5) is 5.82 Å². The van der Waals surface area contributed by atoms with Crippen molar-refractivity contribution in [1.29, 1.82) is 5.26 Å². The monoisotopic (exact) mass is 328 g/mol. The van der Waals surface area contributed by atoms with E-state index in [0.29, 0.717) is 23.8 Å². The first-order chi connectivity index (χ1) is 11.7. The van der Waals surface area contributed by atoms with Crippen molar-refractivity contribution in [2.24, 2.45) is 0 Å². The zero-order chi connectivity index (χ0) is 16.9. The molecule has 0 saturated carbocycles. The molecule has 126 valence electrons. The van der Waals surface area contributed by atoms with Crippen molar-refractivity contribution in [2.45, 2.75) is 0 Å². The van der Waals surface area contributed by atoms with Gasteiger partial charge in [-0.15, -0.1) is 15.0 Å². The van der Waals surface area contributed by atoms with Gasteiger partial charge in [0.2, 0.25) is 5.69 Å². The van der Waals surface area contributed by atoms with E-state index in [4.69, 9.17) is 9.84 Å². The summed E-state index contributed by atoms with van der Waals surface area (Å²) in [6.07, 6.45) is 0. The van der Waals surface area contributed by atoms with E-state index in [1.165, 1.54) is 4.80 Å². The molecule has 1 aliphatic rings. The fourth-order valence-corrected chi connectivity index (χ4v) is 2.76. The Morgan fingerprint density at radius 3 is 2.71 bits per heavy atom. The van der Waals surface area contributed by atoms with Crippen molar-refractivity contribution in [3.63, 3.8) is 0 Å². The highest BCUT2D eigenvalue weighted by Gasteiger charge is 2.23. The van der Waals surface area contributed by atoms with Gasteiger partial charge in [0.15, 0.2) is 5.82 Å². The molecule has 0 bridgehead atoms. The molecular weight excluding hydrogens is 308 g/mol. The average Bonchev–Trinajstić information content (AvgIpc) is 3.07. The Bertz CT molecular complexity index is 730. The van der Waals surface area contributed by atoms with E-state index in [1.807, 2.05) is 24.3 Å². The second-order valence-electron chi connectivity index (χ2n) is 5.53. The van der Waals surface area contributed by atoms with Gasteiger partial charge >= 0.3 is 0 Å². The summed E-state index contributed by atoms with van der Waals surface area (Å²) < 4.78 is 5.22. The lowest BCUT2D eigenvalue weighted by atomic mass is 10.3. The van der Waals surface area contributed by atoms with Gasteiger partial charge in [-0.05, 0) is 12.1 Å². The highest BCUT2D eigenvalue weighted by Crippen LogP contribution is 2.21. The number of piperazine rings is 1. The summed E-state index contributed by atoms with van der Waals surface area (Å²) in [6, 6.07) is 9.52. The summed E-state index contributed by atoms with van der Waals surface area (Å²) in [4.78, 5) is 5.72. The van der Waals surface area contributed by atoms with E-state index in [-0.39, 0.29) is 6.61 Å². The van der Waals surface area contributed by atoms with Crippen molar-refractivity contribution in [3.05, 3.63) is 30.0 Å². The second-order valence-corrected chi connectivity index (χ2v) is 5.53. The molecule has 3 rings (SSSR count). The molecule has 0 spiro atoms. The maximum Gasteiger partial charge on any atom is 0.207 e. The zero-order valence-electron chi connectivity index (χ0n) is 13.6. The number of benzene rings is 1. The molecular formula is C16H20N6O2. The Hall–Kier alpha value is -2.63. The van der Waals surface area contributed by atoms with Crippen LogP contribution >= 0.6 is 0 Å². The molecule has 8 heteroatoms. The fraction of sp³-hybridized carbons (Fsp3) is 0.438. The van der Waals surface area contributed by atoms with Gasteiger partial charge in [0.05, 0.1) is 19.4 Å². The predicted octanol–water partition coefficient (Wildman–Crippen LogP) is 0.262. The summed E-state index contributed by atoms with van der Waals surface area (Å²) in [5.74, 6) is 1.31. The quantitative estimate of drug-likeness (QED) is 0.842. The van der Waals surface area contributed by atoms with Crippen LogP contribution in [0.15, 0.2) is 24.3 Å². The molecule has 1 aromatic heterocycles. The number of nitriles is 1. The zero-order valence-corrected chi connectivity index (χ0v) is 13.6. The first kappa shape index (κ1) is 16.2. The van der Waals surface area contributed by atoms with E-state index < -0.39 is 0 Å². The number of anilines is 1. The number of aliphatic hydroxyl groups is 1. The molecule has 0 radical (unpaired) electrons. The molecule has 1 aliphatic heterocycles. The van der Waals surface area contributed by atoms with Crippen LogP contribution in [0.3, 0.4) is 0 Å². The smallest absolute Gasteiger partial charge is 0.207 e. The largest absolute Gasteiger partial charge is 0.497 e. The molecule has 1 N–H and O–H groups in total. The predicted molar refractivity (Wildman–Crippen MR) is 88.4 cm³/mol. The number of rotatable bonds is 5. The first-order valence-electron chi connectivity index (χ1n) is 7.85. The fourth-order valence-electron chi connectivity index (χ4n) is 2.76. The topological polar surface area (TPSA) is 90.4 Å². The Kier molecular flexibility index (Phi) is 4.93. The van der Waals surface area contributed by atoms with E-state index in [9.17, 15) is 5.26 Å². The van der Waals surface area contributed by atoms with E-state index >= 15 is 0 Å². The lowest BCUT2D eigenvalue weighted by molar-refractivity contribution is 0.188. The molecule has 0 aliphatic carbocycles. The van der Waals surface area contributed by atoms with E-state index in [1.54, 1.807) is 7.11 Å². The van der Waals surface area contributed by atoms with E-state index in [0.717, 1.165) is 31.9 Å². The van der Waals surface area contributed by atoms with Gasteiger partial charge in [0.1, 0.15) is 11.8 Å². The molecule has 1 fully saturated rings. The number of aliphatic hydroxyl groups excluding tert-OH is 1. The summed E-state index contributed by atoms with van der Waals surface area (Å²) in [5, 5.41) is 27.2. The van der Waals surface area contributed by atoms with Crippen LogP contribution in [0.2, 0.25) is 0 Å². The molecule has 2 heterocycles. The second kappa shape index (κ2) is 7.29. The molecule has 8 nitrogen and oxygen atoms in total. The number of hydrogen-bond donors (Lipinski definition) is 1. The van der Waals surface area contributed by atoms with Gasteiger partial charge < -0.3 is 14.7 Å². The Balaban J connectivity index is 1.82. The summed E-state index contributed by atoms with van der Waals surface area (Å²) in [7, 11) is 1.60. The number of ether oxygens (including phenoxy) is 1. The van der Waals surface area contributed by atoms with Crippen LogP contribution in [0.25, 0.3) is 5.69 Å². The number of hydrogen-bond acceptors (Lipinski definition) is 7. The maximum absolute atomic E-state index is 9.39. The molecule has 0 amide bonds. The van der Waals surface area contributed by atoms with Crippen LogP contribution < -0.4 is 9.64 Å². The number of methoxy groups -OCH3 is 1. The Labute approximate surface area is 140 Å². The Morgan fingerprint density at radius 2 is 2.04 bits per heavy atom. The summed E-state index contributed by atoms with van der Waals surface area (Å²) in [6.45, 7) is 4.01. The van der Waals surface area contributed by atoms with Gasteiger partial charge in [0.25, 0.3) is 0 Å². The van der Waals surface area contributed by atoms with Gasteiger partial charge in [-0.3, -0.25) is 4.90 Å². The van der Waals surface area contributed by atoms with Crippen LogP contribution in [0.1, 0.15) is 5.69 Å². The number of β-amino-alcohol motifs (C(OH)–C–C–N with tert-alkyl or cyclic N) is 1. The lowest BCUT2D eigenvalue weighted by Gasteiger charge is -2.34. The SMILES string of the molecule is COc1cccc(-n2nc(C#N)c(N3CCN(CCO)CC3)n2)c1. The standard InChI is InChI=1S/C16H20N6O2/c1-24-14-4-2-3-13(11-14)22-18-15(12-17)16(19-22)21-7-5-20(6-8-21)9-10-23/h2-4,11,23H,5-10H2,1H3. The van der Waals surface area contributed by atoms with Crippen molar-refractivity contribution >= 4 is 5.82 Å². The molecule has 1 saturated heterocycles. The molecule has 0 unspecified atom stereocenters. The number of nitrogens with zero attached hydrogens (tertiary/aromatic N) is 6. The highest BCUT2D eigenvalue weighted by atomic mass is 16.5. The highest BCUT2D eigenvalue weighted by molar-refractivity contribution is 5.51. The van der Waals surface area contributed by atoms with Crippen LogP contribution in [-0.4, -0.2) is 71.4 Å². The summed E-state index contributed by atoms with van der Waals surface area (Å²) in [5.41, 5.74) is 1.06. The van der Waals surface area contributed by atoms with Gasteiger partial charge in [-0.25, -0.2) is 0 Å². The van der Waals surface area contributed by atoms with Crippen molar-refractivity contribution in [3.8, 4) is 17.5 Å². The molecule has 24 heavy (non-hydrogen) atoms. The van der Waals surface area contributed by atoms with Crippen molar-refractivity contribution in [2.75, 3.05) is 51.3 Å². The van der Waals surface area contributed by atoms with Crippen LogP contribution in [0, 0.1) is 11.3 Å². The average molecular weight is 328 g/mol. The van der Waals surface area contributed by atoms with Crippen LogP contribution in [-0.2, 0) is 0 Å². The molecule has 1 aromatic carbocycles. The van der Waals surface area contributed by atoms with Gasteiger partial charge in [-0.2, -0.15) is 5.26 Å². The third-order valence-electron chi connectivity index (χ3n) is 4.07. The van der Waals surface area contributed by atoms with Crippen molar-refractivity contribution in [1.82, 2.24) is 19.9 Å². The number of aromatic nitrogens is 3. The van der Waals surface area contributed by atoms with Crippen LogP contribution in [0.5, 0.6) is 5.75 Å². The first-order valence-corrected chi connectivity index (χ1v) is 7.85. The molecule has 0 atom stereocenters. The minimum absolute atomic E-state index is 0.162. The minimum atomic E-state index is 0.162. The molecule has 2 aromatic rings. The summed E-state index contributed by atoms with van der Waals surface area (Å²) >= 11 is 0. The minimum Gasteiger partial charge on any atom is -0.497 e. The van der Waals surface area contributed by atoms with E-state index in [2.05, 4.69) is 26.1 Å². The van der Waals surface area contributed by atoms with Gasteiger partial charge in [-0.1, -0.05) is 6.07 Å². The van der Waals surface area contributed by atoms with Gasteiger partial charge in [0, 0.05) is 38.8 Å². The maximum atomic E-state index is 9.39. The Morgan fingerprint density at radius 1 is 1.25 bits per heavy atom. The lowest BCUT2D eigenvalue weighted by Crippen LogP contribution is -2.47.